The maximum absolute atomic E-state index is 12.4. The van der Waals surface area contributed by atoms with Gasteiger partial charge >= 0.3 is 0 Å². The van der Waals surface area contributed by atoms with E-state index in [0.29, 0.717) is 22.9 Å². The van der Waals surface area contributed by atoms with Crippen LogP contribution < -0.4 is 16.0 Å². The fourth-order valence-corrected chi connectivity index (χ4v) is 3.37. The Bertz CT molecular complexity index is 971. The van der Waals surface area contributed by atoms with Gasteiger partial charge in [0, 0.05) is 12.2 Å². The van der Waals surface area contributed by atoms with Crippen molar-refractivity contribution in [1.29, 1.82) is 0 Å². The van der Waals surface area contributed by atoms with Crippen molar-refractivity contribution >= 4 is 34.6 Å². The Kier molecular flexibility index (Phi) is 4.37. The van der Waals surface area contributed by atoms with Gasteiger partial charge in [-0.05, 0) is 47.1 Å². The van der Waals surface area contributed by atoms with Crippen molar-refractivity contribution in [3.8, 4) is 11.1 Å². The number of fused-ring (bicyclic) bond motifs is 1. The number of amides is 1. The third-order valence-electron chi connectivity index (χ3n) is 4.33. The van der Waals surface area contributed by atoms with E-state index in [4.69, 9.17) is 12.2 Å². The van der Waals surface area contributed by atoms with Crippen molar-refractivity contribution in [3.05, 3.63) is 83.9 Å². The van der Waals surface area contributed by atoms with E-state index in [-0.39, 0.29) is 5.91 Å². The molecule has 0 atom stereocenters. The van der Waals surface area contributed by atoms with Crippen LogP contribution in [0, 0.1) is 0 Å². The monoisotopic (exact) mass is 359 g/mol. The molecule has 0 unspecified atom stereocenters. The molecule has 3 aromatic carbocycles. The standard InChI is InChI=1S/C21H17N3OS/c25-20-19-17(13-22-20)16(14-7-3-1-4-8-14)11-12-18(19)24-21(26)23-15-9-5-2-6-10-15/h1-12H,13H2,(H,22,25)(H2,23,24,26). The van der Waals surface area contributed by atoms with E-state index in [2.05, 4.69) is 16.0 Å². The molecule has 0 radical (unpaired) electrons. The second-order valence-electron chi connectivity index (χ2n) is 6.01. The Morgan fingerprint density at radius 1 is 0.885 bits per heavy atom. The van der Waals surface area contributed by atoms with Gasteiger partial charge < -0.3 is 16.0 Å². The minimum absolute atomic E-state index is 0.0807. The van der Waals surface area contributed by atoms with Crippen LogP contribution in [0.4, 0.5) is 11.4 Å². The summed E-state index contributed by atoms with van der Waals surface area (Å²) in [6, 6.07) is 23.7. The van der Waals surface area contributed by atoms with Gasteiger partial charge in [0.2, 0.25) is 0 Å². The molecule has 0 saturated carbocycles. The number of anilines is 2. The first-order valence-corrected chi connectivity index (χ1v) is 8.76. The summed E-state index contributed by atoms with van der Waals surface area (Å²) in [6.07, 6.45) is 0. The fourth-order valence-electron chi connectivity index (χ4n) is 3.15. The number of hydrogen-bond acceptors (Lipinski definition) is 2. The van der Waals surface area contributed by atoms with Crippen molar-refractivity contribution in [3.63, 3.8) is 0 Å². The van der Waals surface area contributed by atoms with Crippen LogP contribution in [0.15, 0.2) is 72.8 Å². The maximum atomic E-state index is 12.4. The van der Waals surface area contributed by atoms with Crippen LogP contribution in [-0.4, -0.2) is 11.0 Å². The molecule has 4 nitrogen and oxygen atoms in total. The lowest BCUT2D eigenvalue weighted by Crippen LogP contribution is -2.21. The zero-order valence-corrected chi connectivity index (χ0v) is 14.8. The summed E-state index contributed by atoms with van der Waals surface area (Å²) in [5.74, 6) is -0.0807. The molecule has 1 heterocycles. The Morgan fingerprint density at radius 3 is 2.31 bits per heavy atom. The van der Waals surface area contributed by atoms with Crippen LogP contribution in [0.1, 0.15) is 15.9 Å². The molecule has 1 amide bonds. The van der Waals surface area contributed by atoms with Crippen LogP contribution in [0.25, 0.3) is 11.1 Å². The highest BCUT2D eigenvalue weighted by Crippen LogP contribution is 2.33. The van der Waals surface area contributed by atoms with E-state index in [0.717, 1.165) is 22.4 Å². The summed E-state index contributed by atoms with van der Waals surface area (Å²) in [4.78, 5) is 12.4. The minimum atomic E-state index is -0.0807. The topological polar surface area (TPSA) is 53.2 Å². The highest BCUT2D eigenvalue weighted by Gasteiger charge is 2.26. The number of rotatable bonds is 3. The molecule has 0 bridgehead atoms. The van der Waals surface area contributed by atoms with Gasteiger partial charge in [0.15, 0.2) is 5.11 Å². The first kappa shape index (κ1) is 16.3. The second kappa shape index (κ2) is 6.98. The predicted octanol–water partition coefficient (Wildman–Crippen LogP) is 4.41. The molecule has 1 aliphatic heterocycles. The van der Waals surface area contributed by atoms with Crippen molar-refractivity contribution in [2.75, 3.05) is 10.6 Å². The average Bonchev–Trinajstić information content (AvgIpc) is 3.06. The molecule has 1 aliphatic rings. The van der Waals surface area contributed by atoms with Crippen molar-refractivity contribution < 1.29 is 4.79 Å². The van der Waals surface area contributed by atoms with E-state index in [9.17, 15) is 4.79 Å². The lowest BCUT2D eigenvalue weighted by atomic mass is 9.95. The molecular formula is C21H17N3OS. The quantitative estimate of drug-likeness (QED) is 0.607. The Hall–Kier alpha value is -3.18. The Balaban J connectivity index is 1.65. The number of carbonyl (C=O) groups is 1. The third kappa shape index (κ3) is 3.17. The number of carbonyl (C=O) groups excluding carboxylic acids is 1. The zero-order chi connectivity index (χ0) is 17.9. The molecule has 4 rings (SSSR count). The number of para-hydroxylation sites is 1. The molecular weight excluding hydrogens is 342 g/mol. The van der Waals surface area contributed by atoms with E-state index in [1.54, 1.807) is 0 Å². The summed E-state index contributed by atoms with van der Waals surface area (Å²) in [5.41, 5.74) is 5.41. The lowest BCUT2D eigenvalue weighted by molar-refractivity contribution is 0.0966. The van der Waals surface area contributed by atoms with Crippen LogP contribution in [0.3, 0.4) is 0 Å². The first-order valence-electron chi connectivity index (χ1n) is 8.35. The lowest BCUT2D eigenvalue weighted by Gasteiger charge is -2.15. The fraction of sp³-hybridized carbons (Fsp3) is 0.0476. The van der Waals surface area contributed by atoms with Gasteiger partial charge in [-0.2, -0.15) is 0 Å². The van der Waals surface area contributed by atoms with E-state index in [1.807, 2.05) is 72.8 Å². The van der Waals surface area contributed by atoms with Crippen molar-refractivity contribution in [2.24, 2.45) is 0 Å². The number of thiocarbonyl (C=S) groups is 1. The van der Waals surface area contributed by atoms with Gasteiger partial charge in [-0.1, -0.05) is 54.6 Å². The molecule has 0 aromatic heterocycles. The number of benzene rings is 3. The molecule has 0 spiro atoms. The number of nitrogens with one attached hydrogen (secondary N) is 3. The van der Waals surface area contributed by atoms with Crippen molar-refractivity contribution in [2.45, 2.75) is 6.54 Å². The molecule has 128 valence electrons. The Labute approximate surface area is 157 Å². The van der Waals surface area contributed by atoms with Crippen LogP contribution in [0.5, 0.6) is 0 Å². The molecule has 3 aromatic rings. The molecule has 0 fully saturated rings. The molecule has 0 aliphatic carbocycles. The van der Waals surface area contributed by atoms with Gasteiger partial charge in [-0.3, -0.25) is 4.79 Å². The summed E-state index contributed by atoms with van der Waals surface area (Å²) in [5, 5.41) is 9.66. The van der Waals surface area contributed by atoms with Gasteiger partial charge in [-0.15, -0.1) is 0 Å². The minimum Gasteiger partial charge on any atom is -0.348 e. The predicted molar refractivity (Wildman–Crippen MR) is 109 cm³/mol. The normalized spacial score (nSPS) is 12.2. The Morgan fingerprint density at radius 2 is 1.58 bits per heavy atom. The highest BCUT2D eigenvalue weighted by molar-refractivity contribution is 7.80. The number of hydrogen-bond donors (Lipinski definition) is 3. The smallest absolute Gasteiger partial charge is 0.254 e. The van der Waals surface area contributed by atoms with Gasteiger partial charge in [-0.25, -0.2) is 0 Å². The van der Waals surface area contributed by atoms with E-state index < -0.39 is 0 Å². The summed E-state index contributed by atoms with van der Waals surface area (Å²) < 4.78 is 0. The van der Waals surface area contributed by atoms with E-state index >= 15 is 0 Å². The van der Waals surface area contributed by atoms with Crippen LogP contribution >= 0.6 is 12.2 Å². The molecule has 0 saturated heterocycles. The summed E-state index contributed by atoms with van der Waals surface area (Å²) in [6.45, 7) is 0.521. The SMILES string of the molecule is O=C1NCc2c(-c3ccccc3)ccc(NC(=S)Nc3ccccc3)c21. The maximum Gasteiger partial charge on any atom is 0.254 e. The van der Waals surface area contributed by atoms with E-state index in [1.165, 1.54) is 0 Å². The van der Waals surface area contributed by atoms with Crippen LogP contribution in [0.2, 0.25) is 0 Å². The summed E-state index contributed by atoms with van der Waals surface area (Å²) >= 11 is 5.40. The average molecular weight is 359 g/mol. The molecule has 3 N–H and O–H groups in total. The molecule has 26 heavy (non-hydrogen) atoms. The summed E-state index contributed by atoms with van der Waals surface area (Å²) in [7, 11) is 0. The first-order chi connectivity index (χ1) is 12.7. The van der Waals surface area contributed by atoms with Gasteiger partial charge in [0.05, 0.1) is 11.3 Å². The zero-order valence-electron chi connectivity index (χ0n) is 14.0. The largest absolute Gasteiger partial charge is 0.348 e. The van der Waals surface area contributed by atoms with Gasteiger partial charge in [0.25, 0.3) is 5.91 Å². The molecule has 5 heteroatoms. The second-order valence-corrected chi connectivity index (χ2v) is 6.42. The van der Waals surface area contributed by atoms with Crippen LogP contribution in [-0.2, 0) is 6.54 Å². The third-order valence-corrected chi connectivity index (χ3v) is 4.53. The van der Waals surface area contributed by atoms with Crippen molar-refractivity contribution in [1.82, 2.24) is 5.32 Å². The van der Waals surface area contributed by atoms with Gasteiger partial charge in [0.1, 0.15) is 0 Å². The highest BCUT2D eigenvalue weighted by atomic mass is 32.1.